The Labute approximate surface area is 369 Å². The fourth-order valence-corrected chi connectivity index (χ4v) is 13.7. The molecule has 0 aromatic carbocycles. The van der Waals surface area contributed by atoms with Gasteiger partial charge in [0.05, 0.1) is 44.7 Å². The van der Waals surface area contributed by atoms with Gasteiger partial charge in [0.1, 0.15) is 73.2 Å². The van der Waals surface area contributed by atoms with Gasteiger partial charge in [0, 0.05) is 5.92 Å². The first-order valence-corrected chi connectivity index (χ1v) is 23.5. The summed E-state index contributed by atoms with van der Waals surface area (Å²) in [5.74, 6) is 2.34. The fraction of sp³-hybridized carbons (Fsp3) is 0.956. The second-order valence-corrected chi connectivity index (χ2v) is 20.9. The van der Waals surface area contributed by atoms with Gasteiger partial charge < -0.3 is 89.3 Å². The Morgan fingerprint density at radius 2 is 1.22 bits per heavy atom. The highest BCUT2D eigenvalue weighted by molar-refractivity contribution is 5.25. The van der Waals surface area contributed by atoms with Gasteiger partial charge in [-0.1, -0.05) is 27.4 Å². The lowest BCUT2D eigenvalue weighted by Crippen LogP contribution is -2.65. The molecule has 8 rings (SSSR count). The van der Waals surface area contributed by atoms with E-state index in [1.165, 1.54) is 5.57 Å². The number of aliphatic hydroxyl groups excluding tert-OH is 11. The molecule has 63 heavy (non-hydrogen) atoms. The lowest BCUT2D eigenvalue weighted by Gasteiger charge is -2.61. The number of fused-ring (bicyclic) bond motifs is 7. The third-order valence-corrected chi connectivity index (χ3v) is 17.4. The predicted octanol–water partition coefficient (Wildman–Crippen LogP) is -1.18. The fourth-order valence-electron chi connectivity index (χ4n) is 13.7. The van der Waals surface area contributed by atoms with Crippen LogP contribution in [0, 0.1) is 46.3 Å². The molecule has 8 fully saturated rings. The van der Waals surface area contributed by atoms with Crippen molar-refractivity contribution in [3.63, 3.8) is 0 Å². The molecular formula is C45H74O18. The Morgan fingerprint density at radius 1 is 0.635 bits per heavy atom. The molecule has 0 aromatic heterocycles. The van der Waals surface area contributed by atoms with Crippen molar-refractivity contribution in [1.82, 2.24) is 0 Å². The SMILES string of the molecule is C=C1C(CC[C@H](C)CO[C@@H]2O[C@H](CO)[C@@H](O)[C@H](O)[C@H]2O)O[C@H]2C[C@H]3[C@@H]4CC[C@@H]5C[C@@H](O[C@@H]6O[C@H](CO)[C@H](O)[C@H](O)[C@H]6O[C@@H]6O[C@H](CO)[C@@H](O)[C@H](O)[C@H]6O)CC[C@]5(C)[C@H]4CC[C@]3(C)[C@@H]12. The van der Waals surface area contributed by atoms with Crippen LogP contribution in [-0.2, 0) is 33.2 Å². The summed E-state index contributed by atoms with van der Waals surface area (Å²) in [5.41, 5.74) is 1.35. The summed E-state index contributed by atoms with van der Waals surface area (Å²) in [4.78, 5) is 0. The first kappa shape index (κ1) is 48.5. The molecule has 362 valence electrons. The highest BCUT2D eigenvalue weighted by atomic mass is 16.8. The topological polar surface area (TPSA) is 287 Å². The van der Waals surface area contributed by atoms with Crippen LogP contribution in [-0.4, -0.2) is 193 Å². The summed E-state index contributed by atoms with van der Waals surface area (Å²) in [6.45, 7) is 10.1. The minimum Gasteiger partial charge on any atom is -0.394 e. The maximum atomic E-state index is 11.2. The summed E-state index contributed by atoms with van der Waals surface area (Å²) >= 11 is 0. The van der Waals surface area contributed by atoms with E-state index < -0.39 is 112 Å². The van der Waals surface area contributed by atoms with Crippen molar-refractivity contribution in [2.24, 2.45) is 46.3 Å². The number of aliphatic hydroxyl groups is 11. The molecule has 4 saturated heterocycles. The van der Waals surface area contributed by atoms with Crippen LogP contribution < -0.4 is 0 Å². The highest BCUT2D eigenvalue weighted by Gasteiger charge is 2.65. The summed E-state index contributed by atoms with van der Waals surface area (Å²) in [6.07, 6.45) is -12.3. The van der Waals surface area contributed by atoms with E-state index in [9.17, 15) is 56.2 Å². The molecule has 0 aromatic rings. The van der Waals surface area contributed by atoms with Crippen LogP contribution in [0.2, 0.25) is 0 Å². The van der Waals surface area contributed by atoms with E-state index in [2.05, 4.69) is 20.4 Å². The van der Waals surface area contributed by atoms with Crippen molar-refractivity contribution in [3.05, 3.63) is 12.2 Å². The monoisotopic (exact) mass is 902 g/mol. The summed E-state index contributed by atoms with van der Waals surface area (Å²) in [5, 5.41) is 113. The van der Waals surface area contributed by atoms with Gasteiger partial charge in [-0.3, -0.25) is 0 Å². The van der Waals surface area contributed by atoms with Crippen molar-refractivity contribution in [2.75, 3.05) is 26.4 Å². The minimum atomic E-state index is -1.74. The normalized spacial score (nSPS) is 53.9. The maximum Gasteiger partial charge on any atom is 0.187 e. The molecule has 11 N–H and O–H groups in total. The largest absolute Gasteiger partial charge is 0.394 e. The van der Waals surface area contributed by atoms with Crippen molar-refractivity contribution >= 4 is 0 Å². The number of rotatable bonds is 13. The van der Waals surface area contributed by atoms with Gasteiger partial charge in [0.15, 0.2) is 18.9 Å². The van der Waals surface area contributed by atoms with Crippen LogP contribution >= 0.6 is 0 Å². The smallest absolute Gasteiger partial charge is 0.187 e. The Balaban J connectivity index is 0.858. The van der Waals surface area contributed by atoms with E-state index in [0.717, 1.165) is 57.8 Å². The highest BCUT2D eigenvalue weighted by Crippen LogP contribution is 2.70. The number of hydrogen-bond donors (Lipinski definition) is 11. The van der Waals surface area contributed by atoms with Gasteiger partial charge in [-0.25, -0.2) is 0 Å². The average Bonchev–Trinajstić information content (AvgIpc) is 3.76. The van der Waals surface area contributed by atoms with Gasteiger partial charge in [0.2, 0.25) is 0 Å². The zero-order valence-electron chi connectivity index (χ0n) is 36.7. The molecule has 18 heteroatoms. The maximum absolute atomic E-state index is 11.2. The summed E-state index contributed by atoms with van der Waals surface area (Å²) in [7, 11) is 0. The third-order valence-electron chi connectivity index (χ3n) is 17.4. The van der Waals surface area contributed by atoms with E-state index in [4.69, 9.17) is 33.2 Å². The zero-order valence-corrected chi connectivity index (χ0v) is 36.7. The van der Waals surface area contributed by atoms with Crippen molar-refractivity contribution < 1.29 is 89.3 Å². The second-order valence-electron chi connectivity index (χ2n) is 20.9. The van der Waals surface area contributed by atoms with E-state index in [-0.39, 0.29) is 47.6 Å². The predicted molar refractivity (Wildman–Crippen MR) is 218 cm³/mol. The number of ether oxygens (including phenoxy) is 7. The lowest BCUT2D eigenvalue weighted by atomic mass is 9.44. The van der Waals surface area contributed by atoms with Crippen LogP contribution in [0.5, 0.6) is 0 Å². The van der Waals surface area contributed by atoms with E-state index in [0.29, 0.717) is 30.1 Å². The molecule has 0 bridgehead atoms. The van der Waals surface area contributed by atoms with Crippen LogP contribution in [0.1, 0.15) is 85.0 Å². The molecule has 8 aliphatic rings. The Hall–Kier alpha value is -0.980. The molecule has 1 unspecified atom stereocenters. The summed E-state index contributed by atoms with van der Waals surface area (Å²) in [6, 6.07) is 0. The molecule has 0 radical (unpaired) electrons. The molecular weight excluding hydrogens is 828 g/mol. The van der Waals surface area contributed by atoms with E-state index >= 15 is 0 Å². The van der Waals surface area contributed by atoms with Crippen LogP contribution in [0.15, 0.2) is 12.2 Å². The molecule has 4 saturated carbocycles. The molecule has 18 nitrogen and oxygen atoms in total. The van der Waals surface area contributed by atoms with Gasteiger partial charge in [-0.05, 0) is 110 Å². The lowest BCUT2D eigenvalue weighted by molar-refractivity contribution is -0.373. The van der Waals surface area contributed by atoms with Crippen molar-refractivity contribution in [1.29, 1.82) is 0 Å². The van der Waals surface area contributed by atoms with E-state index in [1.54, 1.807) is 0 Å². The Kier molecular flexibility index (Phi) is 14.8. The molecule has 26 atom stereocenters. The quantitative estimate of drug-likeness (QED) is 0.0767. The van der Waals surface area contributed by atoms with Crippen LogP contribution in [0.4, 0.5) is 0 Å². The third kappa shape index (κ3) is 8.73. The van der Waals surface area contributed by atoms with Gasteiger partial charge in [-0.15, -0.1) is 0 Å². The molecule has 0 spiro atoms. The van der Waals surface area contributed by atoms with Crippen molar-refractivity contribution in [2.45, 2.75) is 195 Å². The second kappa shape index (κ2) is 19.2. The molecule has 0 amide bonds. The van der Waals surface area contributed by atoms with Crippen molar-refractivity contribution in [3.8, 4) is 0 Å². The van der Waals surface area contributed by atoms with Gasteiger partial charge in [-0.2, -0.15) is 0 Å². The average molecular weight is 903 g/mol. The van der Waals surface area contributed by atoms with Gasteiger partial charge >= 0.3 is 0 Å². The molecule has 4 aliphatic carbocycles. The number of hydrogen-bond acceptors (Lipinski definition) is 18. The first-order valence-electron chi connectivity index (χ1n) is 23.5. The Morgan fingerprint density at radius 3 is 1.87 bits per heavy atom. The minimum absolute atomic E-state index is 0.0545. The summed E-state index contributed by atoms with van der Waals surface area (Å²) < 4.78 is 42.2. The first-order chi connectivity index (χ1) is 29.9. The Bertz CT molecular complexity index is 1550. The van der Waals surface area contributed by atoms with E-state index in [1.807, 2.05) is 6.92 Å². The standard InChI is InChI=1S/C45H74O18/c1-19(18-57-41-38(55)35(52)32(49)28(15-46)60-41)5-8-26-20(2)31-27(59-26)14-25-23-7-6-21-13-22(9-11-44(21,3)24(23)10-12-45(25,31)4)58-43-40(37(54)34(51)30(17-48)62-43)63-42-39(56)36(53)33(50)29(16-47)61-42/h19,21-43,46-56H,2,5-18H2,1,3-4H3/t19-,21+,22-,23+,24-,25-,26?,27-,28+,29+,30+,31-,32+,33+,34-,35-,36-,37-,38+,39+,40+,41+,42-,43+,44-,45-/m0/s1. The van der Waals surface area contributed by atoms with Crippen LogP contribution in [0.25, 0.3) is 0 Å². The van der Waals surface area contributed by atoms with Crippen LogP contribution in [0.3, 0.4) is 0 Å². The molecule has 4 heterocycles. The van der Waals surface area contributed by atoms with Gasteiger partial charge in [0.25, 0.3) is 0 Å². The molecule has 4 aliphatic heterocycles. The zero-order chi connectivity index (χ0) is 45.3.